The number of carbonyl (C=O) groups excluding carboxylic acids is 3. The summed E-state index contributed by atoms with van der Waals surface area (Å²) in [7, 11) is 0. The van der Waals surface area contributed by atoms with E-state index in [0.29, 0.717) is 19.3 Å². The molecule has 56 heavy (non-hydrogen) atoms. The van der Waals surface area contributed by atoms with Gasteiger partial charge in [0.05, 0.1) is 0 Å². The number of esters is 3. The van der Waals surface area contributed by atoms with Gasteiger partial charge in [0.25, 0.3) is 0 Å². The summed E-state index contributed by atoms with van der Waals surface area (Å²) in [6, 6.07) is 0. The van der Waals surface area contributed by atoms with Crippen molar-refractivity contribution in [3.05, 3.63) is 0 Å². The molecular formula is C50H96O6. The van der Waals surface area contributed by atoms with E-state index >= 15 is 0 Å². The Morgan fingerprint density at radius 2 is 0.679 bits per heavy atom. The molecule has 0 saturated heterocycles. The molecule has 0 N–H and O–H groups in total. The Bertz CT molecular complexity index is 856. The molecule has 0 radical (unpaired) electrons. The van der Waals surface area contributed by atoms with Crippen LogP contribution in [0.3, 0.4) is 0 Å². The summed E-state index contributed by atoms with van der Waals surface area (Å²) in [5.41, 5.74) is 0. The maximum absolute atomic E-state index is 12.7. The van der Waals surface area contributed by atoms with Gasteiger partial charge in [-0.15, -0.1) is 0 Å². The summed E-state index contributed by atoms with van der Waals surface area (Å²) in [6.45, 7) is 11.3. The maximum atomic E-state index is 12.7. The highest BCUT2D eigenvalue weighted by Crippen LogP contribution is 2.17. The van der Waals surface area contributed by atoms with Crippen LogP contribution < -0.4 is 0 Å². The van der Waals surface area contributed by atoms with E-state index in [2.05, 4.69) is 34.6 Å². The molecule has 0 rings (SSSR count). The molecule has 1 unspecified atom stereocenters. The molecule has 0 aromatic heterocycles. The van der Waals surface area contributed by atoms with Gasteiger partial charge in [0.2, 0.25) is 0 Å². The van der Waals surface area contributed by atoms with Crippen molar-refractivity contribution in [2.45, 2.75) is 278 Å². The van der Waals surface area contributed by atoms with Gasteiger partial charge in [0.1, 0.15) is 13.2 Å². The number of hydrogen-bond acceptors (Lipinski definition) is 6. The van der Waals surface area contributed by atoms with Crippen LogP contribution in [0.5, 0.6) is 0 Å². The number of hydrogen-bond donors (Lipinski definition) is 0. The number of carbonyl (C=O) groups is 3. The van der Waals surface area contributed by atoms with Gasteiger partial charge in [-0.25, -0.2) is 0 Å². The number of rotatable bonds is 44. The first-order valence-corrected chi connectivity index (χ1v) is 24.8. The van der Waals surface area contributed by atoms with E-state index < -0.39 is 6.10 Å². The molecule has 0 spiro atoms. The van der Waals surface area contributed by atoms with Crippen LogP contribution in [0.25, 0.3) is 0 Å². The van der Waals surface area contributed by atoms with Crippen molar-refractivity contribution in [1.29, 1.82) is 0 Å². The lowest BCUT2D eigenvalue weighted by molar-refractivity contribution is -0.167. The summed E-state index contributed by atoms with van der Waals surface area (Å²) >= 11 is 0. The van der Waals surface area contributed by atoms with E-state index in [9.17, 15) is 14.4 Å². The molecule has 6 heteroatoms. The SMILES string of the molecule is CCCCCCCCCCCCCCCCCC(=O)OC[C@@H](COC(=O)CCCCCCCCCCC(C)CC)OC(=O)CCCCCCCCCCC(C)C. The van der Waals surface area contributed by atoms with Gasteiger partial charge in [-0.1, -0.05) is 234 Å². The first-order valence-electron chi connectivity index (χ1n) is 24.8. The van der Waals surface area contributed by atoms with Crippen molar-refractivity contribution in [3.8, 4) is 0 Å². The third-order valence-corrected chi connectivity index (χ3v) is 11.6. The summed E-state index contributed by atoms with van der Waals surface area (Å²) in [6.07, 6.45) is 42.3. The van der Waals surface area contributed by atoms with E-state index in [0.717, 1.165) is 69.6 Å². The van der Waals surface area contributed by atoms with Crippen LogP contribution >= 0.6 is 0 Å². The van der Waals surface area contributed by atoms with Crippen molar-refractivity contribution in [2.75, 3.05) is 13.2 Å². The lowest BCUT2D eigenvalue weighted by atomic mass is 9.99. The van der Waals surface area contributed by atoms with Crippen LogP contribution in [-0.2, 0) is 28.6 Å². The summed E-state index contributed by atoms with van der Waals surface area (Å²) in [5, 5.41) is 0. The lowest BCUT2D eigenvalue weighted by Crippen LogP contribution is -2.30. The van der Waals surface area contributed by atoms with Crippen molar-refractivity contribution in [3.63, 3.8) is 0 Å². The fourth-order valence-electron chi connectivity index (χ4n) is 7.43. The fourth-order valence-corrected chi connectivity index (χ4v) is 7.43. The Hall–Kier alpha value is -1.59. The summed E-state index contributed by atoms with van der Waals surface area (Å²) < 4.78 is 16.8. The molecule has 0 aromatic rings. The van der Waals surface area contributed by atoms with Crippen molar-refractivity contribution >= 4 is 17.9 Å². The zero-order chi connectivity index (χ0) is 41.2. The Labute approximate surface area is 348 Å². The van der Waals surface area contributed by atoms with Crippen molar-refractivity contribution in [1.82, 2.24) is 0 Å². The minimum absolute atomic E-state index is 0.0647. The molecule has 6 nitrogen and oxygen atoms in total. The normalized spacial score (nSPS) is 12.5. The minimum atomic E-state index is -0.761. The van der Waals surface area contributed by atoms with E-state index in [-0.39, 0.29) is 31.1 Å². The first kappa shape index (κ1) is 54.4. The number of ether oxygens (including phenoxy) is 3. The Balaban J connectivity index is 4.31. The van der Waals surface area contributed by atoms with Crippen LogP contribution in [-0.4, -0.2) is 37.2 Å². The smallest absolute Gasteiger partial charge is 0.306 e. The average Bonchev–Trinajstić information content (AvgIpc) is 3.18. The predicted molar refractivity (Wildman–Crippen MR) is 238 cm³/mol. The zero-order valence-electron chi connectivity index (χ0n) is 38.3. The molecule has 0 fully saturated rings. The highest BCUT2D eigenvalue weighted by atomic mass is 16.6. The summed E-state index contributed by atoms with van der Waals surface area (Å²) in [4.78, 5) is 37.8. The quantitative estimate of drug-likeness (QED) is 0.0347. The summed E-state index contributed by atoms with van der Waals surface area (Å²) in [5.74, 6) is 0.786. The lowest BCUT2D eigenvalue weighted by Gasteiger charge is -2.18. The standard InChI is InChI=1S/C50H96O6/c1-6-8-9-10-11-12-13-14-15-16-17-18-25-30-35-40-48(51)54-43-47(56-50(53)42-37-32-27-21-19-23-28-33-38-45(3)4)44-55-49(52)41-36-31-26-22-20-24-29-34-39-46(5)7-2/h45-47H,6-44H2,1-5H3/t46?,47-/m0/s1. The highest BCUT2D eigenvalue weighted by Gasteiger charge is 2.19. The maximum Gasteiger partial charge on any atom is 0.306 e. The molecule has 332 valence electrons. The average molecular weight is 793 g/mol. The molecule has 0 aromatic carbocycles. The molecule has 0 amide bonds. The van der Waals surface area contributed by atoms with E-state index in [1.54, 1.807) is 0 Å². The first-order chi connectivity index (χ1) is 27.3. The molecule has 0 heterocycles. The largest absolute Gasteiger partial charge is 0.462 e. The van der Waals surface area contributed by atoms with Gasteiger partial charge in [-0.2, -0.15) is 0 Å². The van der Waals surface area contributed by atoms with Crippen LogP contribution in [0, 0.1) is 11.8 Å². The molecular weight excluding hydrogens is 697 g/mol. The van der Waals surface area contributed by atoms with Crippen molar-refractivity contribution < 1.29 is 28.6 Å². The Morgan fingerprint density at radius 3 is 1.02 bits per heavy atom. The van der Waals surface area contributed by atoms with Crippen LogP contribution in [0.15, 0.2) is 0 Å². The van der Waals surface area contributed by atoms with Gasteiger partial charge < -0.3 is 14.2 Å². The van der Waals surface area contributed by atoms with Crippen LogP contribution in [0.4, 0.5) is 0 Å². The third kappa shape index (κ3) is 42.0. The van der Waals surface area contributed by atoms with Gasteiger partial charge in [0, 0.05) is 19.3 Å². The molecule has 0 aliphatic heterocycles. The van der Waals surface area contributed by atoms with Gasteiger partial charge >= 0.3 is 17.9 Å². The van der Waals surface area contributed by atoms with E-state index in [4.69, 9.17) is 14.2 Å². The zero-order valence-corrected chi connectivity index (χ0v) is 38.3. The minimum Gasteiger partial charge on any atom is -0.462 e. The topological polar surface area (TPSA) is 78.9 Å². The molecule has 0 aliphatic rings. The van der Waals surface area contributed by atoms with E-state index in [1.807, 2.05) is 0 Å². The molecule has 2 atom stereocenters. The number of unbranched alkanes of at least 4 members (excludes halogenated alkanes) is 28. The third-order valence-electron chi connectivity index (χ3n) is 11.6. The van der Waals surface area contributed by atoms with Gasteiger partial charge in [-0.05, 0) is 31.1 Å². The van der Waals surface area contributed by atoms with E-state index in [1.165, 1.54) is 161 Å². The van der Waals surface area contributed by atoms with Crippen LogP contribution in [0.2, 0.25) is 0 Å². The molecule has 0 saturated carbocycles. The monoisotopic (exact) mass is 793 g/mol. The molecule has 0 bridgehead atoms. The van der Waals surface area contributed by atoms with Gasteiger partial charge in [-0.3, -0.25) is 14.4 Å². The molecule has 0 aliphatic carbocycles. The predicted octanol–water partition coefficient (Wildman–Crippen LogP) is 15.8. The Morgan fingerprint density at radius 1 is 0.375 bits per heavy atom. The fraction of sp³-hybridized carbons (Fsp3) is 0.940. The van der Waals surface area contributed by atoms with Crippen LogP contribution in [0.1, 0.15) is 272 Å². The second-order valence-electron chi connectivity index (χ2n) is 17.8. The van der Waals surface area contributed by atoms with Crippen molar-refractivity contribution in [2.24, 2.45) is 11.8 Å². The highest BCUT2D eigenvalue weighted by molar-refractivity contribution is 5.71. The Kier molecular flexibility index (Phi) is 41.8. The second kappa shape index (κ2) is 43.0. The second-order valence-corrected chi connectivity index (χ2v) is 17.8. The van der Waals surface area contributed by atoms with Gasteiger partial charge in [0.15, 0.2) is 6.10 Å².